The summed E-state index contributed by atoms with van der Waals surface area (Å²) in [6.45, 7) is 9.06. The van der Waals surface area contributed by atoms with Gasteiger partial charge in [-0.3, -0.25) is 0 Å². The minimum Gasteiger partial charge on any atom is -0.131 e. The SMILES string of the molecule is CCCCc1cc(Br)c(C#C[Si](C)(C)C)s1. The van der Waals surface area contributed by atoms with Gasteiger partial charge in [0.25, 0.3) is 0 Å². The van der Waals surface area contributed by atoms with Crippen molar-refractivity contribution in [3.8, 4) is 11.5 Å². The first-order valence-electron chi connectivity index (χ1n) is 5.74. The standard InChI is InChI=1S/C13H19BrSSi/c1-5-6-7-11-10-12(14)13(15-11)8-9-16(2,3)4/h10H,5-7H2,1-4H3. The molecule has 16 heavy (non-hydrogen) atoms. The van der Waals surface area contributed by atoms with Crippen LogP contribution in [-0.4, -0.2) is 8.07 Å². The molecule has 0 radical (unpaired) electrons. The monoisotopic (exact) mass is 314 g/mol. The van der Waals surface area contributed by atoms with Crippen LogP contribution in [0.3, 0.4) is 0 Å². The Morgan fingerprint density at radius 2 is 2.06 bits per heavy atom. The highest BCUT2D eigenvalue weighted by atomic mass is 79.9. The van der Waals surface area contributed by atoms with Gasteiger partial charge in [-0.05, 0) is 34.8 Å². The number of rotatable bonds is 3. The molecule has 0 unspecified atom stereocenters. The van der Waals surface area contributed by atoms with E-state index < -0.39 is 8.07 Å². The van der Waals surface area contributed by atoms with Gasteiger partial charge in [0.2, 0.25) is 0 Å². The molecular weight excluding hydrogens is 296 g/mol. The van der Waals surface area contributed by atoms with Crippen molar-refractivity contribution in [3.63, 3.8) is 0 Å². The molecule has 0 aromatic carbocycles. The second-order valence-corrected chi connectivity index (χ2v) is 11.7. The highest BCUT2D eigenvalue weighted by molar-refractivity contribution is 9.10. The van der Waals surface area contributed by atoms with Crippen molar-refractivity contribution >= 4 is 35.3 Å². The Morgan fingerprint density at radius 3 is 2.62 bits per heavy atom. The van der Waals surface area contributed by atoms with Crippen LogP contribution in [0.15, 0.2) is 10.5 Å². The van der Waals surface area contributed by atoms with Gasteiger partial charge in [-0.15, -0.1) is 16.9 Å². The fourth-order valence-corrected chi connectivity index (χ4v) is 3.52. The van der Waals surface area contributed by atoms with Gasteiger partial charge in [0.15, 0.2) is 0 Å². The van der Waals surface area contributed by atoms with Crippen LogP contribution in [-0.2, 0) is 6.42 Å². The first-order chi connectivity index (χ1) is 7.42. The third kappa shape index (κ3) is 4.86. The van der Waals surface area contributed by atoms with Crippen LogP contribution in [0.25, 0.3) is 0 Å². The second kappa shape index (κ2) is 6.04. The lowest BCUT2D eigenvalue weighted by Crippen LogP contribution is -2.16. The third-order valence-electron chi connectivity index (χ3n) is 2.07. The Bertz CT molecular complexity index is 404. The minimum absolute atomic E-state index is 1.18. The molecule has 0 bridgehead atoms. The van der Waals surface area contributed by atoms with E-state index in [1.165, 1.54) is 33.5 Å². The Morgan fingerprint density at radius 1 is 1.38 bits per heavy atom. The Hall–Kier alpha value is -0.0431. The summed E-state index contributed by atoms with van der Waals surface area (Å²) in [6, 6.07) is 2.23. The van der Waals surface area contributed by atoms with Gasteiger partial charge < -0.3 is 0 Å². The Balaban J connectivity index is 2.80. The number of hydrogen-bond donors (Lipinski definition) is 0. The van der Waals surface area contributed by atoms with Gasteiger partial charge in [-0.1, -0.05) is 38.9 Å². The maximum absolute atomic E-state index is 3.60. The first kappa shape index (κ1) is 14.0. The van der Waals surface area contributed by atoms with Gasteiger partial charge in [0.1, 0.15) is 8.07 Å². The van der Waals surface area contributed by atoms with Crippen molar-refractivity contribution in [1.82, 2.24) is 0 Å². The quantitative estimate of drug-likeness (QED) is 0.539. The molecule has 0 aliphatic rings. The molecule has 0 nitrogen and oxygen atoms in total. The summed E-state index contributed by atoms with van der Waals surface area (Å²) in [5.41, 5.74) is 3.42. The number of thiophene rings is 1. The highest BCUT2D eigenvalue weighted by Crippen LogP contribution is 2.27. The zero-order valence-corrected chi connectivity index (χ0v) is 13.9. The van der Waals surface area contributed by atoms with Crippen LogP contribution in [0, 0.1) is 11.5 Å². The molecular formula is C13H19BrSSi. The molecule has 1 aromatic heterocycles. The maximum Gasteiger partial charge on any atom is 0.129 e. The van der Waals surface area contributed by atoms with E-state index in [4.69, 9.17) is 0 Å². The predicted molar refractivity (Wildman–Crippen MR) is 80.9 cm³/mol. The third-order valence-corrected chi connectivity index (χ3v) is 4.94. The van der Waals surface area contributed by atoms with E-state index in [2.05, 4.69) is 60.0 Å². The zero-order valence-electron chi connectivity index (χ0n) is 10.5. The van der Waals surface area contributed by atoms with Crippen LogP contribution in [0.4, 0.5) is 0 Å². The summed E-state index contributed by atoms with van der Waals surface area (Å²) in [5, 5.41) is 0. The second-order valence-electron chi connectivity index (χ2n) is 4.99. The summed E-state index contributed by atoms with van der Waals surface area (Å²) < 4.78 is 1.18. The van der Waals surface area contributed by atoms with Gasteiger partial charge in [0, 0.05) is 9.35 Å². The normalized spacial score (nSPS) is 11.1. The van der Waals surface area contributed by atoms with E-state index in [0.29, 0.717) is 0 Å². The number of unbranched alkanes of at least 4 members (excludes halogenated alkanes) is 1. The molecule has 0 amide bonds. The van der Waals surface area contributed by atoms with E-state index in [1.54, 1.807) is 0 Å². The van der Waals surface area contributed by atoms with E-state index in [9.17, 15) is 0 Å². The van der Waals surface area contributed by atoms with Gasteiger partial charge in [-0.25, -0.2) is 0 Å². The van der Waals surface area contributed by atoms with Crippen LogP contribution >= 0.6 is 27.3 Å². The predicted octanol–water partition coefficient (Wildman–Crippen LogP) is 5.08. The van der Waals surface area contributed by atoms with Crippen molar-refractivity contribution in [1.29, 1.82) is 0 Å². The topological polar surface area (TPSA) is 0 Å². The lowest BCUT2D eigenvalue weighted by molar-refractivity contribution is 0.804. The van der Waals surface area contributed by atoms with Gasteiger partial charge >= 0.3 is 0 Å². The fraction of sp³-hybridized carbons (Fsp3) is 0.538. The summed E-state index contributed by atoms with van der Waals surface area (Å²) in [5.74, 6) is 3.33. The lowest BCUT2D eigenvalue weighted by Gasteiger charge is -2.02. The minimum atomic E-state index is -1.25. The fourth-order valence-electron chi connectivity index (χ4n) is 1.22. The molecule has 88 valence electrons. The molecule has 0 aliphatic carbocycles. The van der Waals surface area contributed by atoms with Crippen LogP contribution in [0.1, 0.15) is 29.5 Å². The van der Waals surface area contributed by atoms with Crippen molar-refractivity contribution in [2.75, 3.05) is 0 Å². The molecule has 3 heteroatoms. The molecule has 1 aromatic rings. The van der Waals surface area contributed by atoms with Crippen molar-refractivity contribution in [2.24, 2.45) is 0 Å². The van der Waals surface area contributed by atoms with Crippen molar-refractivity contribution in [3.05, 3.63) is 20.3 Å². The summed E-state index contributed by atoms with van der Waals surface area (Å²) in [6.07, 6.45) is 3.72. The summed E-state index contributed by atoms with van der Waals surface area (Å²) in [4.78, 5) is 2.65. The van der Waals surface area contributed by atoms with Crippen LogP contribution in [0.2, 0.25) is 19.6 Å². The highest BCUT2D eigenvalue weighted by Gasteiger charge is 2.09. The van der Waals surface area contributed by atoms with E-state index in [0.717, 1.165) is 0 Å². The van der Waals surface area contributed by atoms with E-state index in [-0.39, 0.29) is 0 Å². The molecule has 0 atom stereocenters. The van der Waals surface area contributed by atoms with Crippen LogP contribution < -0.4 is 0 Å². The number of aryl methyl sites for hydroxylation is 1. The maximum atomic E-state index is 3.60. The largest absolute Gasteiger partial charge is 0.131 e. The molecule has 0 saturated carbocycles. The zero-order chi connectivity index (χ0) is 12.2. The van der Waals surface area contributed by atoms with Gasteiger partial charge in [0.05, 0.1) is 4.88 Å². The Kier molecular flexibility index (Phi) is 5.30. The van der Waals surface area contributed by atoms with Crippen LogP contribution in [0.5, 0.6) is 0 Å². The molecule has 0 spiro atoms. The molecule has 0 saturated heterocycles. The number of halogens is 1. The summed E-state index contributed by atoms with van der Waals surface area (Å²) >= 11 is 5.44. The average Bonchev–Trinajstić information content (AvgIpc) is 2.52. The summed E-state index contributed by atoms with van der Waals surface area (Å²) in [7, 11) is -1.25. The first-order valence-corrected chi connectivity index (χ1v) is 10.8. The lowest BCUT2D eigenvalue weighted by atomic mass is 10.2. The average molecular weight is 315 g/mol. The molecule has 1 rings (SSSR count). The molecule has 0 fully saturated rings. The smallest absolute Gasteiger partial charge is 0.129 e. The molecule has 1 heterocycles. The van der Waals surface area contributed by atoms with Gasteiger partial charge in [-0.2, -0.15) is 0 Å². The Labute approximate surface area is 113 Å². The van der Waals surface area contributed by atoms with Crippen molar-refractivity contribution < 1.29 is 0 Å². The molecule has 0 N–H and O–H groups in total. The van der Waals surface area contributed by atoms with Crippen molar-refractivity contribution in [2.45, 2.75) is 45.8 Å². The molecule has 0 aliphatic heterocycles. The van der Waals surface area contributed by atoms with E-state index in [1.807, 2.05) is 11.3 Å². The number of hydrogen-bond acceptors (Lipinski definition) is 1. The van der Waals surface area contributed by atoms with E-state index >= 15 is 0 Å².